The Labute approximate surface area is 112 Å². The van der Waals surface area contributed by atoms with Crippen LogP contribution in [0.1, 0.15) is 35.8 Å². The van der Waals surface area contributed by atoms with E-state index in [2.05, 4.69) is 11.2 Å². The van der Waals surface area contributed by atoms with Gasteiger partial charge in [0.2, 0.25) is 0 Å². The van der Waals surface area contributed by atoms with Crippen molar-refractivity contribution in [2.24, 2.45) is 7.05 Å². The van der Waals surface area contributed by atoms with E-state index < -0.39 is 0 Å². The van der Waals surface area contributed by atoms with Crippen LogP contribution in [-0.2, 0) is 20.1 Å². The molecule has 1 atom stereocenters. The van der Waals surface area contributed by atoms with E-state index in [4.69, 9.17) is 4.74 Å². The number of nitrogens with zero attached hydrogens (tertiary/aromatic N) is 2. The summed E-state index contributed by atoms with van der Waals surface area (Å²) in [6, 6.07) is 7.93. The monoisotopic (exact) mass is 258 g/mol. The first-order chi connectivity index (χ1) is 9.22. The van der Waals surface area contributed by atoms with E-state index in [0.29, 0.717) is 6.61 Å². The fourth-order valence-electron chi connectivity index (χ4n) is 2.54. The van der Waals surface area contributed by atoms with Gasteiger partial charge >= 0.3 is 0 Å². The second-order valence-electron chi connectivity index (χ2n) is 5.04. The van der Waals surface area contributed by atoms with E-state index in [0.717, 1.165) is 36.3 Å². The Kier molecular flexibility index (Phi) is 3.25. The minimum atomic E-state index is -0.345. The molecule has 0 aliphatic heterocycles. The van der Waals surface area contributed by atoms with Crippen molar-refractivity contribution in [3.63, 3.8) is 0 Å². The number of aliphatic hydroxyl groups is 1. The fourth-order valence-corrected chi connectivity index (χ4v) is 2.54. The van der Waals surface area contributed by atoms with E-state index in [1.807, 2.05) is 31.4 Å². The molecule has 1 aromatic carbocycles. The highest BCUT2D eigenvalue weighted by Crippen LogP contribution is 2.32. The molecule has 0 saturated heterocycles. The molecule has 0 unspecified atom stereocenters. The molecule has 0 radical (unpaired) electrons. The van der Waals surface area contributed by atoms with Crippen LogP contribution < -0.4 is 4.74 Å². The Morgan fingerprint density at radius 3 is 3.11 bits per heavy atom. The van der Waals surface area contributed by atoms with E-state index in [-0.39, 0.29) is 6.10 Å². The van der Waals surface area contributed by atoms with Crippen LogP contribution in [0.5, 0.6) is 5.75 Å². The number of aromatic nitrogens is 2. The summed E-state index contributed by atoms with van der Waals surface area (Å²) in [6.45, 7) is 0.454. The summed E-state index contributed by atoms with van der Waals surface area (Å²) in [6.07, 6.45) is 4.50. The van der Waals surface area contributed by atoms with Crippen LogP contribution in [0.4, 0.5) is 0 Å². The number of hydrogen-bond donors (Lipinski definition) is 1. The molecule has 4 heteroatoms. The number of hydrogen-bond acceptors (Lipinski definition) is 3. The van der Waals surface area contributed by atoms with Gasteiger partial charge in [0.1, 0.15) is 12.4 Å². The van der Waals surface area contributed by atoms with Crippen LogP contribution in [0, 0.1) is 0 Å². The molecule has 1 heterocycles. The molecule has 19 heavy (non-hydrogen) atoms. The van der Waals surface area contributed by atoms with Crippen molar-refractivity contribution in [2.75, 3.05) is 0 Å². The quantitative estimate of drug-likeness (QED) is 0.919. The van der Waals surface area contributed by atoms with Gasteiger partial charge in [-0.25, -0.2) is 0 Å². The van der Waals surface area contributed by atoms with Crippen molar-refractivity contribution in [3.05, 3.63) is 47.3 Å². The normalized spacial score (nSPS) is 18.1. The standard InChI is InChI=1S/C15H18N2O2/c1-17-8-7-12(16-17)10-19-13-6-5-11-3-2-4-15(18)14(11)9-13/h5-9,15,18H,2-4,10H2,1H3/t15-/m1/s1. The first-order valence-electron chi connectivity index (χ1n) is 6.64. The van der Waals surface area contributed by atoms with Crippen LogP contribution in [0.2, 0.25) is 0 Å². The second kappa shape index (κ2) is 5.05. The maximum absolute atomic E-state index is 10.0. The lowest BCUT2D eigenvalue weighted by Gasteiger charge is -2.21. The van der Waals surface area contributed by atoms with Crippen LogP contribution in [-0.4, -0.2) is 14.9 Å². The third-order valence-electron chi connectivity index (χ3n) is 3.56. The largest absolute Gasteiger partial charge is 0.487 e. The van der Waals surface area contributed by atoms with Crippen LogP contribution in [0.3, 0.4) is 0 Å². The first-order valence-corrected chi connectivity index (χ1v) is 6.64. The molecular weight excluding hydrogens is 240 g/mol. The summed E-state index contributed by atoms with van der Waals surface area (Å²) in [5.41, 5.74) is 3.16. The van der Waals surface area contributed by atoms with Crippen molar-refractivity contribution in [1.82, 2.24) is 9.78 Å². The van der Waals surface area contributed by atoms with Crippen molar-refractivity contribution in [2.45, 2.75) is 32.0 Å². The summed E-state index contributed by atoms with van der Waals surface area (Å²) < 4.78 is 7.49. The number of fused-ring (bicyclic) bond motifs is 1. The molecule has 0 bridgehead atoms. The summed E-state index contributed by atoms with van der Waals surface area (Å²) >= 11 is 0. The number of aryl methyl sites for hydroxylation is 2. The Bertz CT molecular complexity index is 577. The molecule has 3 rings (SSSR count). The molecule has 1 aliphatic carbocycles. The summed E-state index contributed by atoms with van der Waals surface area (Å²) in [5, 5.41) is 14.3. The van der Waals surface area contributed by atoms with Gasteiger partial charge in [-0.15, -0.1) is 0 Å². The highest BCUT2D eigenvalue weighted by molar-refractivity contribution is 5.38. The maximum Gasteiger partial charge on any atom is 0.132 e. The van der Waals surface area contributed by atoms with Gasteiger partial charge in [0.15, 0.2) is 0 Å². The lowest BCUT2D eigenvalue weighted by Crippen LogP contribution is -2.09. The Balaban J connectivity index is 1.73. The average Bonchev–Trinajstić information content (AvgIpc) is 2.83. The van der Waals surface area contributed by atoms with Crippen LogP contribution in [0.15, 0.2) is 30.5 Å². The smallest absolute Gasteiger partial charge is 0.132 e. The molecule has 100 valence electrons. The third kappa shape index (κ3) is 2.63. The molecule has 0 fully saturated rings. The predicted octanol–water partition coefficient (Wildman–Crippen LogP) is 2.37. The predicted molar refractivity (Wildman–Crippen MR) is 71.9 cm³/mol. The van der Waals surface area contributed by atoms with Gasteiger partial charge in [0.25, 0.3) is 0 Å². The maximum atomic E-state index is 10.0. The van der Waals surface area contributed by atoms with Gasteiger partial charge in [-0.1, -0.05) is 6.07 Å². The number of benzene rings is 1. The van der Waals surface area contributed by atoms with Crippen molar-refractivity contribution in [3.8, 4) is 5.75 Å². The Hall–Kier alpha value is -1.81. The first kappa shape index (κ1) is 12.2. The van der Waals surface area contributed by atoms with Gasteiger partial charge in [0, 0.05) is 13.2 Å². The molecule has 1 aliphatic rings. The summed E-state index contributed by atoms with van der Waals surface area (Å²) in [5.74, 6) is 0.797. The lowest BCUT2D eigenvalue weighted by atomic mass is 9.89. The fraction of sp³-hybridized carbons (Fsp3) is 0.400. The number of aliphatic hydroxyl groups excluding tert-OH is 1. The molecule has 1 aromatic heterocycles. The highest BCUT2D eigenvalue weighted by Gasteiger charge is 2.18. The summed E-state index contributed by atoms with van der Waals surface area (Å²) in [7, 11) is 1.89. The molecular formula is C15H18N2O2. The molecule has 2 aromatic rings. The van der Waals surface area contributed by atoms with Crippen LogP contribution in [0.25, 0.3) is 0 Å². The highest BCUT2D eigenvalue weighted by atomic mass is 16.5. The Morgan fingerprint density at radius 1 is 1.42 bits per heavy atom. The minimum absolute atomic E-state index is 0.345. The topological polar surface area (TPSA) is 47.3 Å². The molecule has 0 amide bonds. The van der Waals surface area contributed by atoms with E-state index in [9.17, 15) is 5.11 Å². The van der Waals surface area contributed by atoms with Crippen LogP contribution >= 0.6 is 0 Å². The summed E-state index contributed by atoms with van der Waals surface area (Å²) in [4.78, 5) is 0. The Morgan fingerprint density at radius 2 is 2.32 bits per heavy atom. The zero-order chi connectivity index (χ0) is 13.2. The zero-order valence-electron chi connectivity index (χ0n) is 11.0. The van der Waals surface area contributed by atoms with Gasteiger partial charge in [-0.05, 0) is 48.6 Å². The van der Waals surface area contributed by atoms with Gasteiger partial charge in [-0.3, -0.25) is 4.68 Å². The van der Waals surface area contributed by atoms with E-state index >= 15 is 0 Å². The minimum Gasteiger partial charge on any atom is -0.487 e. The number of rotatable bonds is 3. The van der Waals surface area contributed by atoms with Crippen molar-refractivity contribution in [1.29, 1.82) is 0 Å². The molecule has 0 spiro atoms. The van der Waals surface area contributed by atoms with Gasteiger partial charge in [0.05, 0.1) is 11.8 Å². The molecule has 1 N–H and O–H groups in total. The number of ether oxygens (including phenoxy) is 1. The lowest BCUT2D eigenvalue weighted by molar-refractivity contribution is 0.156. The van der Waals surface area contributed by atoms with E-state index in [1.165, 1.54) is 5.56 Å². The van der Waals surface area contributed by atoms with Crippen molar-refractivity contribution < 1.29 is 9.84 Å². The zero-order valence-corrected chi connectivity index (χ0v) is 11.0. The average molecular weight is 258 g/mol. The van der Waals surface area contributed by atoms with Gasteiger partial charge < -0.3 is 9.84 Å². The SMILES string of the molecule is Cn1ccc(COc2ccc3c(c2)[C@H](O)CCC3)n1. The van der Waals surface area contributed by atoms with Crippen molar-refractivity contribution >= 4 is 0 Å². The molecule has 4 nitrogen and oxygen atoms in total. The second-order valence-corrected chi connectivity index (χ2v) is 5.04. The van der Waals surface area contributed by atoms with E-state index in [1.54, 1.807) is 4.68 Å². The third-order valence-corrected chi connectivity index (χ3v) is 3.56. The van der Waals surface area contributed by atoms with Gasteiger partial charge in [-0.2, -0.15) is 5.10 Å². The molecule has 0 saturated carbocycles.